The van der Waals surface area contributed by atoms with Crippen molar-refractivity contribution in [1.29, 1.82) is 0 Å². The van der Waals surface area contributed by atoms with E-state index in [4.69, 9.17) is 5.73 Å². The number of nitrogens with one attached hydrogen (secondary N) is 1. The highest BCUT2D eigenvalue weighted by Crippen LogP contribution is 2.45. The lowest BCUT2D eigenvalue weighted by molar-refractivity contribution is 0.462. The van der Waals surface area contributed by atoms with Crippen LogP contribution >= 0.6 is 0 Å². The maximum atomic E-state index is 5.74. The molecule has 2 heteroatoms. The Morgan fingerprint density at radius 1 is 1.31 bits per heavy atom. The van der Waals surface area contributed by atoms with Crippen LogP contribution in [0.2, 0.25) is 0 Å². The minimum Gasteiger partial charge on any atom is -0.386 e. The second kappa shape index (κ2) is 3.69. The number of nitrogens with two attached hydrogens (primary N) is 1. The summed E-state index contributed by atoms with van der Waals surface area (Å²) in [7, 11) is 0. The van der Waals surface area contributed by atoms with Crippen molar-refractivity contribution in [2.45, 2.75) is 44.6 Å². The fourth-order valence-electron chi connectivity index (χ4n) is 3.62. The van der Waals surface area contributed by atoms with E-state index in [-0.39, 0.29) is 0 Å². The van der Waals surface area contributed by atoms with Gasteiger partial charge in [0, 0.05) is 5.92 Å². The van der Waals surface area contributed by atoms with Gasteiger partial charge in [0.25, 0.3) is 0 Å². The normalized spacial score (nSPS) is 32.1. The van der Waals surface area contributed by atoms with E-state index in [1.807, 2.05) is 0 Å². The van der Waals surface area contributed by atoms with Crippen LogP contribution in [0.25, 0.3) is 0 Å². The fraction of sp³-hybridized carbons (Fsp3) is 0.571. The highest BCUT2D eigenvalue weighted by Gasteiger charge is 2.36. The first-order chi connectivity index (χ1) is 7.75. The molecule has 3 N–H and O–H groups in total. The molecule has 0 bridgehead atoms. The smallest absolute Gasteiger partial charge is 0.0890 e. The largest absolute Gasteiger partial charge is 0.386 e. The monoisotopic (exact) mass is 216 g/mol. The van der Waals surface area contributed by atoms with Crippen molar-refractivity contribution in [2.24, 2.45) is 11.7 Å². The minimum atomic E-state index is 0.456. The average molecular weight is 216 g/mol. The molecule has 1 saturated carbocycles. The van der Waals surface area contributed by atoms with E-state index in [1.165, 1.54) is 38.5 Å². The zero-order chi connectivity index (χ0) is 11.1. The van der Waals surface area contributed by atoms with Gasteiger partial charge in [-0.25, -0.2) is 0 Å². The third kappa shape index (κ3) is 1.48. The molecule has 0 aliphatic heterocycles. The second-order valence-corrected chi connectivity index (χ2v) is 5.27. The SMILES string of the molecule is C=C(N)N[C@@H]1C2=C(C=C3CCCC31)CCC2. The predicted molar refractivity (Wildman–Crippen MR) is 66.6 cm³/mol. The molecule has 0 spiro atoms. The lowest BCUT2D eigenvalue weighted by Gasteiger charge is -2.32. The summed E-state index contributed by atoms with van der Waals surface area (Å²) in [5, 5.41) is 3.41. The molecule has 1 fully saturated rings. The van der Waals surface area contributed by atoms with Gasteiger partial charge >= 0.3 is 0 Å². The number of fused-ring (bicyclic) bond motifs is 1. The molecule has 2 nitrogen and oxygen atoms in total. The van der Waals surface area contributed by atoms with E-state index in [0.29, 0.717) is 17.8 Å². The van der Waals surface area contributed by atoms with Crippen molar-refractivity contribution in [3.05, 3.63) is 35.2 Å². The Bertz CT molecular complexity index is 390. The van der Waals surface area contributed by atoms with Crippen LogP contribution in [0.3, 0.4) is 0 Å². The standard InChI is InChI=1S/C14H20N2/c1-9(15)16-14-12-6-2-4-10(12)8-11-5-3-7-13(11)14/h8,12,14,16H,1-7,15H2/t12?,14-/m0/s1. The van der Waals surface area contributed by atoms with Crippen LogP contribution in [0, 0.1) is 5.92 Å². The molecule has 0 radical (unpaired) electrons. The van der Waals surface area contributed by atoms with Crippen LogP contribution in [0.5, 0.6) is 0 Å². The average Bonchev–Trinajstić information content (AvgIpc) is 2.83. The molecular formula is C14H20N2. The number of hydrogen-bond donors (Lipinski definition) is 2. The van der Waals surface area contributed by atoms with Crippen LogP contribution in [0.4, 0.5) is 0 Å². The Morgan fingerprint density at radius 3 is 3.00 bits per heavy atom. The summed E-state index contributed by atoms with van der Waals surface area (Å²) in [6.07, 6.45) is 10.3. The summed E-state index contributed by atoms with van der Waals surface area (Å²) in [4.78, 5) is 0. The lowest BCUT2D eigenvalue weighted by Crippen LogP contribution is -2.40. The molecule has 0 aromatic rings. The Morgan fingerprint density at radius 2 is 2.19 bits per heavy atom. The highest BCUT2D eigenvalue weighted by atomic mass is 15.0. The summed E-state index contributed by atoms with van der Waals surface area (Å²) in [5.41, 5.74) is 10.6. The van der Waals surface area contributed by atoms with E-state index in [0.717, 1.165) is 0 Å². The van der Waals surface area contributed by atoms with Gasteiger partial charge in [0.1, 0.15) is 0 Å². The maximum Gasteiger partial charge on any atom is 0.0890 e. The second-order valence-electron chi connectivity index (χ2n) is 5.27. The summed E-state index contributed by atoms with van der Waals surface area (Å²) in [6, 6.07) is 0.456. The van der Waals surface area contributed by atoms with E-state index in [2.05, 4.69) is 18.0 Å². The van der Waals surface area contributed by atoms with Gasteiger partial charge < -0.3 is 11.1 Å². The molecule has 3 rings (SSSR count). The van der Waals surface area contributed by atoms with Crippen LogP contribution in [-0.2, 0) is 0 Å². The Labute approximate surface area is 97.3 Å². The van der Waals surface area contributed by atoms with Crippen molar-refractivity contribution in [3.8, 4) is 0 Å². The molecule has 0 aromatic heterocycles. The molecule has 2 atom stereocenters. The zero-order valence-corrected chi connectivity index (χ0v) is 9.76. The molecule has 0 heterocycles. The molecule has 0 aromatic carbocycles. The lowest BCUT2D eigenvalue weighted by atomic mass is 9.82. The molecule has 0 saturated heterocycles. The number of hydrogen-bond acceptors (Lipinski definition) is 2. The molecule has 3 aliphatic carbocycles. The van der Waals surface area contributed by atoms with Gasteiger partial charge in [-0.15, -0.1) is 0 Å². The van der Waals surface area contributed by atoms with Gasteiger partial charge in [0.05, 0.1) is 11.9 Å². The first-order valence-electron chi connectivity index (χ1n) is 6.39. The van der Waals surface area contributed by atoms with Gasteiger partial charge in [-0.2, -0.15) is 0 Å². The molecule has 86 valence electrons. The summed E-state index contributed by atoms with van der Waals surface area (Å²) < 4.78 is 0. The summed E-state index contributed by atoms with van der Waals surface area (Å²) >= 11 is 0. The Kier molecular flexibility index (Phi) is 2.31. The molecule has 3 aliphatic rings. The third-order valence-corrected chi connectivity index (χ3v) is 4.24. The predicted octanol–water partition coefficient (Wildman–Crippen LogP) is 2.60. The van der Waals surface area contributed by atoms with Crippen LogP contribution in [-0.4, -0.2) is 6.04 Å². The van der Waals surface area contributed by atoms with Gasteiger partial charge in [-0.3, -0.25) is 0 Å². The van der Waals surface area contributed by atoms with Crippen LogP contribution in [0.15, 0.2) is 35.2 Å². The van der Waals surface area contributed by atoms with Crippen LogP contribution in [0.1, 0.15) is 38.5 Å². The van der Waals surface area contributed by atoms with Crippen LogP contribution < -0.4 is 11.1 Å². The molecule has 1 unspecified atom stereocenters. The number of rotatable bonds is 2. The summed E-state index contributed by atoms with van der Waals surface area (Å²) in [5.74, 6) is 1.31. The third-order valence-electron chi connectivity index (χ3n) is 4.24. The first-order valence-corrected chi connectivity index (χ1v) is 6.39. The van der Waals surface area contributed by atoms with Gasteiger partial charge in [0.15, 0.2) is 0 Å². The Hall–Kier alpha value is -1.18. The van der Waals surface area contributed by atoms with E-state index >= 15 is 0 Å². The summed E-state index contributed by atoms with van der Waals surface area (Å²) in [6.45, 7) is 3.80. The fourth-order valence-corrected chi connectivity index (χ4v) is 3.62. The van der Waals surface area contributed by atoms with Gasteiger partial charge in [-0.05, 0) is 49.7 Å². The molecule has 0 amide bonds. The van der Waals surface area contributed by atoms with E-state index in [1.54, 1.807) is 16.7 Å². The first kappa shape index (κ1) is 10.0. The van der Waals surface area contributed by atoms with Gasteiger partial charge in [-0.1, -0.05) is 18.2 Å². The van der Waals surface area contributed by atoms with Crippen molar-refractivity contribution in [3.63, 3.8) is 0 Å². The number of allylic oxidation sites excluding steroid dienone is 2. The van der Waals surface area contributed by atoms with Crippen molar-refractivity contribution in [1.82, 2.24) is 5.32 Å². The van der Waals surface area contributed by atoms with Crippen molar-refractivity contribution >= 4 is 0 Å². The quantitative estimate of drug-likeness (QED) is 0.744. The molecule has 16 heavy (non-hydrogen) atoms. The van der Waals surface area contributed by atoms with Crippen molar-refractivity contribution in [2.75, 3.05) is 0 Å². The maximum absolute atomic E-state index is 5.74. The topological polar surface area (TPSA) is 38.0 Å². The Balaban J connectivity index is 1.94. The highest BCUT2D eigenvalue weighted by molar-refractivity contribution is 5.43. The zero-order valence-electron chi connectivity index (χ0n) is 9.76. The molecular weight excluding hydrogens is 196 g/mol. The van der Waals surface area contributed by atoms with Gasteiger partial charge in [0.2, 0.25) is 0 Å². The minimum absolute atomic E-state index is 0.456. The van der Waals surface area contributed by atoms with E-state index < -0.39 is 0 Å². The van der Waals surface area contributed by atoms with Crippen molar-refractivity contribution < 1.29 is 0 Å². The van der Waals surface area contributed by atoms with E-state index in [9.17, 15) is 0 Å².